The third-order valence-corrected chi connectivity index (χ3v) is 4.18. The third kappa shape index (κ3) is 3.07. The molecule has 0 fully saturated rings. The molecule has 6 nitrogen and oxygen atoms in total. The van der Waals surface area contributed by atoms with Gasteiger partial charge in [0.05, 0.1) is 25.5 Å². The van der Waals surface area contributed by atoms with Gasteiger partial charge in [0.1, 0.15) is 17.3 Å². The third-order valence-electron chi connectivity index (χ3n) is 4.18. The highest BCUT2D eigenvalue weighted by Gasteiger charge is 2.22. The zero-order chi connectivity index (χ0) is 16.4. The molecule has 2 aromatic rings. The molecule has 1 aromatic carbocycles. The Bertz CT molecular complexity index is 748. The van der Waals surface area contributed by atoms with E-state index in [2.05, 4.69) is 14.9 Å². The number of benzene rings is 1. The van der Waals surface area contributed by atoms with Crippen molar-refractivity contribution in [2.75, 3.05) is 20.8 Å². The zero-order valence-electron chi connectivity index (χ0n) is 13.7. The minimum atomic E-state index is -0.0120. The van der Waals surface area contributed by atoms with E-state index in [1.807, 2.05) is 25.1 Å². The van der Waals surface area contributed by atoms with Crippen molar-refractivity contribution in [3.05, 3.63) is 51.2 Å². The van der Waals surface area contributed by atoms with E-state index in [-0.39, 0.29) is 5.56 Å². The summed E-state index contributed by atoms with van der Waals surface area (Å²) >= 11 is 0. The van der Waals surface area contributed by atoms with Crippen molar-refractivity contribution in [2.45, 2.75) is 26.4 Å². The quantitative estimate of drug-likeness (QED) is 0.929. The first-order chi connectivity index (χ1) is 11.1. The molecule has 0 saturated heterocycles. The highest BCUT2D eigenvalue weighted by Crippen LogP contribution is 2.30. The summed E-state index contributed by atoms with van der Waals surface area (Å²) in [5, 5.41) is 0. The van der Waals surface area contributed by atoms with Crippen molar-refractivity contribution >= 4 is 0 Å². The van der Waals surface area contributed by atoms with Crippen LogP contribution in [0.2, 0.25) is 0 Å². The standard InChI is InChI=1S/C17H21N3O3/c1-11-18-14-10-20(8-7-12(14)17(21)19-11)9-13-15(22-2)5-4-6-16(13)23-3/h4-6H,7-10H2,1-3H3,(H,18,19,21). The average Bonchev–Trinajstić information content (AvgIpc) is 2.54. The van der Waals surface area contributed by atoms with Gasteiger partial charge < -0.3 is 14.5 Å². The molecule has 0 radical (unpaired) electrons. The molecule has 6 heteroatoms. The van der Waals surface area contributed by atoms with Gasteiger partial charge in [-0.3, -0.25) is 9.69 Å². The number of ether oxygens (including phenoxy) is 2. The van der Waals surface area contributed by atoms with Crippen molar-refractivity contribution in [1.29, 1.82) is 0 Å². The van der Waals surface area contributed by atoms with E-state index in [1.165, 1.54) is 0 Å². The summed E-state index contributed by atoms with van der Waals surface area (Å²) in [6.45, 7) is 3.97. The normalized spacial score (nSPS) is 14.4. The number of nitrogens with one attached hydrogen (secondary N) is 1. The lowest BCUT2D eigenvalue weighted by atomic mass is 10.0. The number of nitrogens with zero attached hydrogens (tertiary/aromatic N) is 2. The summed E-state index contributed by atoms with van der Waals surface area (Å²) in [4.78, 5) is 21.5. The van der Waals surface area contributed by atoms with Crippen LogP contribution in [0.25, 0.3) is 0 Å². The molecule has 0 aliphatic carbocycles. The molecule has 0 saturated carbocycles. The van der Waals surface area contributed by atoms with Crippen LogP contribution in [0.1, 0.15) is 22.6 Å². The maximum atomic E-state index is 12.0. The Balaban J connectivity index is 1.87. The summed E-state index contributed by atoms with van der Waals surface area (Å²) in [6, 6.07) is 5.78. The first-order valence-corrected chi connectivity index (χ1v) is 7.63. The Morgan fingerprint density at radius 3 is 2.61 bits per heavy atom. The first kappa shape index (κ1) is 15.6. The van der Waals surface area contributed by atoms with Crippen LogP contribution in [0, 0.1) is 6.92 Å². The lowest BCUT2D eigenvalue weighted by molar-refractivity contribution is 0.232. The van der Waals surface area contributed by atoms with E-state index in [0.717, 1.165) is 34.9 Å². The molecule has 1 aromatic heterocycles. The lowest BCUT2D eigenvalue weighted by Crippen LogP contribution is -2.35. The number of aromatic nitrogens is 2. The average molecular weight is 315 g/mol. The molecule has 3 rings (SSSR count). The monoisotopic (exact) mass is 315 g/mol. The second kappa shape index (κ2) is 6.42. The molecule has 122 valence electrons. The fraction of sp³-hybridized carbons (Fsp3) is 0.412. The Kier molecular flexibility index (Phi) is 4.34. The van der Waals surface area contributed by atoms with Crippen molar-refractivity contribution in [2.24, 2.45) is 0 Å². The predicted octanol–water partition coefficient (Wildman–Crippen LogP) is 1.65. The van der Waals surface area contributed by atoms with Gasteiger partial charge in [-0.1, -0.05) is 6.07 Å². The molecule has 1 aliphatic heterocycles. The first-order valence-electron chi connectivity index (χ1n) is 7.63. The van der Waals surface area contributed by atoms with Gasteiger partial charge in [0, 0.05) is 25.2 Å². The Morgan fingerprint density at radius 1 is 1.26 bits per heavy atom. The Morgan fingerprint density at radius 2 is 1.96 bits per heavy atom. The van der Waals surface area contributed by atoms with E-state index in [1.54, 1.807) is 14.2 Å². The van der Waals surface area contributed by atoms with Gasteiger partial charge in [-0.2, -0.15) is 0 Å². The second-order valence-corrected chi connectivity index (χ2v) is 5.68. The van der Waals surface area contributed by atoms with Crippen LogP contribution in [0.4, 0.5) is 0 Å². The molecular weight excluding hydrogens is 294 g/mol. The fourth-order valence-electron chi connectivity index (χ4n) is 3.06. The number of rotatable bonds is 4. The van der Waals surface area contributed by atoms with Crippen LogP contribution in [0.15, 0.2) is 23.0 Å². The molecule has 0 amide bonds. The number of hydrogen-bond acceptors (Lipinski definition) is 5. The Hall–Kier alpha value is -2.34. The van der Waals surface area contributed by atoms with Crippen LogP contribution in [-0.2, 0) is 19.5 Å². The van der Waals surface area contributed by atoms with E-state index in [9.17, 15) is 4.79 Å². The summed E-state index contributed by atoms with van der Waals surface area (Å²) in [5.74, 6) is 2.28. The van der Waals surface area contributed by atoms with Crippen LogP contribution < -0.4 is 15.0 Å². The molecule has 0 unspecified atom stereocenters. The van der Waals surface area contributed by atoms with Crippen molar-refractivity contribution in [1.82, 2.24) is 14.9 Å². The number of hydrogen-bond donors (Lipinski definition) is 1. The molecular formula is C17H21N3O3. The summed E-state index contributed by atoms with van der Waals surface area (Å²) in [6.07, 6.45) is 0.704. The molecule has 0 spiro atoms. The fourth-order valence-corrected chi connectivity index (χ4v) is 3.06. The van der Waals surface area contributed by atoms with Gasteiger partial charge in [0.25, 0.3) is 5.56 Å². The Labute approximate surface area is 135 Å². The summed E-state index contributed by atoms with van der Waals surface area (Å²) < 4.78 is 10.9. The van der Waals surface area contributed by atoms with Gasteiger partial charge in [-0.25, -0.2) is 4.98 Å². The van der Waals surface area contributed by atoms with Crippen LogP contribution >= 0.6 is 0 Å². The van der Waals surface area contributed by atoms with Crippen LogP contribution in [0.3, 0.4) is 0 Å². The van der Waals surface area contributed by atoms with Crippen LogP contribution in [0.5, 0.6) is 11.5 Å². The molecule has 0 bridgehead atoms. The SMILES string of the molecule is COc1cccc(OC)c1CN1CCc2c(nc(C)[nH]c2=O)C1. The highest BCUT2D eigenvalue weighted by molar-refractivity contribution is 5.44. The largest absolute Gasteiger partial charge is 0.496 e. The number of methoxy groups -OCH3 is 2. The maximum Gasteiger partial charge on any atom is 0.254 e. The number of fused-ring (bicyclic) bond motifs is 1. The number of H-pyrrole nitrogens is 1. The minimum absolute atomic E-state index is 0.0120. The number of aryl methyl sites for hydroxylation is 1. The van der Waals surface area contributed by atoms with E-state index >= 15 is 0 Å². The minimum Gasteiger partial charge on any atom is -0.496 e. The highest BCUT2D eigenvalue weighted by atomic mass is 16.5. The van der Waals surface area contributed by atoms with Gasteiger partial charge in [-0.05, 0) is 25.5 Å². The smallest absolute Gasteiger partial charge is 0.254 e. The zero-order valence-corrected chi connectivity index (χ0v) is 13.7. The topological polar surface area (TPSA) is 67.5 Å². The molecule has 0 atom stereocenters. The van der Waals surface area contributed by atoms with E-state index in [4.69, 9.17) is 9.47 Å². The van der Waals surface area contributed by atoms with Crippen molar-refractivity contribution in [3.63, 3.8) is 0 Å². The number of aromatic amines is 1. The molecule has 23 heavy (non-hydrogen) atoms. The maximum absolute atomic E-state index is 12.0. The molecule has 1 N–H and O–H groups in total. The molecule has 1 aliphatic rings. The van der Waals surface area contributed by atoms with Crippen LogP contribution in [-0.4, -0.2) is 35.6 Å². The van der Waals surface area contributed by atoms with Gasteiger partial charge in [0.2, 0.25) is 0 Å². The van der Waals surface area contributed by atoms with Gasteiger partial charge >= 0.3 is 0 Å². The molecule has 2 heterocycles. The van der Waals surface area contributed by atoms with Crippen molar-refractivity contribution < 1.29 is 9.47 Å². The van der Waals surface area contributed by atoms with Gasteiger partial charge in [0.15, 0.2) is 0 Å². The van der Waals surface area contributed by atoms with Crippen molar-refractivity contribution in [3.8, 4) is 11.5 Å². The second-order valence-electron chi connectivity index (χ2n) is 5.68. The predicted molar refractivity (Wildman–Crippen MR) is 87.0 cm³/mol. The lowest BCUT2D eigenvalue weighted by Gasteiger charge is -2.28. The summed E-state index contributed by atoms with van der Waals surface area (Å²) in [5.41, 5.74) is 2.68. The van der Waals surface area contributed by atoms with E-state index < -0.39 is 0 Å². The summed E-state index contributed by atoms with van der Waals surface area (Å²) in [7, 11) is 3.32. The van der Waals surface area contributed by atoms with Gasteiger partial charge in [-0.15, -0.1) is 0 Å². The van der Waals surface area contributed by atoms with E-state index in [0.29, 0.717) is 25.3 Å².